The molecular formula is C12H14O5. The number of ether oxygens (including phenoxy) is 3. The van der Waals surface area contributed by atoms with E-state index < -0.39 is 0 Å². The van der Waals surface area contributed by atoms with Crippen LogP contribution in [0.15, 0.2) is 18.2 Å². The monoisotopic (exact) mass is 238 g/mol. The number of benzene rings is 1. The second kappa shape index (κ2) is 4.63. The number of methoxy groups -OCH3 is 1. The highest BCUT2D eigenvalue weighted by molar-refractivity contribution is 5.65. The zero-order valence-corrected chi connectivity index (χ0v) is 9.67. The molecule has 0 aromatic heterocycles. The van der Waals surface area contributed by atoms with Crippen molar-refractivity contribution < 1.29 is 24.1 Å². The molecule has 1 aliphatic rings. The highest BCUT2D eigenvalue weighted by Crippen LogP contribution is 2.41. The van der Waals surface area contributed by atoms with Gasteiger partial charge in [0.05, 0.1) is 7.11 Å². The highest BCUT2D eigenvalue weighted by atomic mass is 16.6. The molecule has 5 heteroatoms. The van der Waals surface area contributed by atoms with Crippen LogP contribution in [-0.4, -0.2) is 30.9 Å². The summed E-state index contributed by atoms with van der Waals surface area (Å²) in [7, 11) is 1.49. The van der Waals surface area contributed by atoms with Crippen molar-refractivity contribution in [2.45, 2.75) is 19.1 Å². The van der Waals surface area contributed by atoms with Crippen LogP contribution in [0.5, 0.6) is 11.5 Å². The Kier molecular flexibility index (Phi) is 3.19. The molecule has 5 nitrogen and oxygen atoms in total. The number of hydrogen-bond acceptors (Lipinski definition) is 5. The minimum atomic E-state index is -0.317. The third-order valence-electron chi connectivity index (χ3n) is 2.57. The molecule has 1 fully saturated rings. The van der Waals surface area contributed by atoms with Crippen LogP contribution < -0.4 is 4.74 Å². The molecule has 0 saturated carbocycles. The van der Waals surface area contributed by atoms with Crippen LogP contribution in [0.1, 0.15) is 18.6 Å². The summed E-state index contributed by atoms with van der Waals surface area (Å²) in [6.07, 6.45) is -0.197. The summed E-state index contributed by atoms with van der Waals surface area (Å²) in [6, 6.07) is 5.03. The Labute approximate surface area is 98.9 Å². The van der Waals surface area contributed by atoms with Gasteiger partial charge in [-0.15, -0.1) is 0 Å². The molecule has 1 heterocycles. The smallest absolute Gasteiger partial charge is 0.302 e. The fraction of sp³-hybridized carbons (Fsp3) is 0.417. The Morgan fingerprint density at radius 3 is 2.94 bits per heavy atom. The number of phenols is 1. The number of epoxide rings is 1. The van der Waals surface area contributed by atoms with E-state index in [-0.39, 0.29) is 30.5 Å². The van der Waals surface area contributed by atoms with Gasteiger partial charge in [-0.1, -0.05) is 6.07 Å². The largest absolute Gasteiger partial charge is 0.504 e. The summed E-state index contributed by atoms with van der Waals surface area (Å²) >= 11 is 0. The number of carbonyl (C=O) groups excluding carboxylic acids is 1. The molecule has 0 amide bonds. The Balaban J connectivity index is 1.98. The first-order chi connectivity index (χ1) is 8.11. The lowest BCUT2D eigenvalue weighted by molar-refractivity contribution is -0.141. The van der Waals surface area contributed by atoms with Crippen molar-refractivity contribution in [1.29, 1.82) is 0 Å². The number of rotatable bonds is 4. The van der Waals surface area contributed by atoms with Crippen molar-refractivity contribution in [2.24, 2.45) is 0 Å². The minimum Gasteiger partial charge on any atom is -0.504 e. The number of carbonyl (C=O) groups is 1. The van der Waals surface area contributed by atoms with Crippen LogP contribution in [0.4, 0.5) is 0 Å². The molecule has 1 aromatic rings. The van der Waals surface area contributed by atoms with Crippen LogP contribution in [-0.2, 0) is 14.3 Å². The van der Waals surface area contributed by atoms with E-state index in [1.54, 1.807) is 18.2 Å². The predicted molar refractivity (Wildman–Crippen MR) is 58.9 cm³/mol. The summed E-state index contributed by atoms with van der Waals surface area (Å²) < 4.78 is 15.2. The summed E-state index contributed by atoms with van der Waals surface area (Å²) in [5, 5.41) is 9.44. The molecular weight excluding hydrogens is 224 g/mol. The van der Waals surface area contributed by atoms with Crippen LogP contribution in [0.25, 0.3) is 0 Å². The van der Waals surface area contributed by atoms with Gasteiger partial charge < -0.3 is 19.3 Å². The molecule has 17 heavy (non-hydrogen) atoms. The lowest BCUT2D eigenvalue weighted by Crippen LogP contribution is -2.06. The molecule has 1 N–H and O–H groups in total. The fourth-order valence-electron chi connectivity index (χ4n) is 1.63. The molecule has 2 atom stereocenters. The average Bonchev–Trinajstić information content (AvgIpc) is 3.06. The minimum absolute atomic E-state index is 0.0911. The van der Waals surface area contributed by atoms with Crippen molar-refractivity contribution >= 4 is 5.97 Å². The van der Waals surface area contributed by atoms with Gasteiger partial charge in [-0.05, 0) is 17.7 Å². The zero-order valence-electron chi connectivity index (χ0n) is 9.67. The standard InChI is InChI=1S/C12H14O5/c1-7(13)16-6-11-12(17-11)8-3-4-9(14)10(5-8)15-2/h3-5,11-12,14H,6H2,1-2H3/t11-,12+/m1/s1. The summed E-state index contributed by atoms with van der Waals surface area (Å²) in [5.41, 5.74) is 0.900. The maximum absolute atomic E-state index is 10.6. The van der Waals surface area contributed by atoms with Crippen molar-refractivity contribution in [3.05, 3.63) is 23.8 Å². The maximum atomic E-state index is 10.6. The normalized spacial score (nSPS) is 22.0. The van der Waals surface area contributed by atoms with E-state index in [9.17, 15) is 9.90 Å². The van der Waals surface area contributed by atoms with E-state index in [1.807, 2.05) is 0 Å². The number of esters is 1. The van der Waals surface area contributed by atoms with Gasteiger partial charge in [-0.3, -0.25) is 4.79 Å². The topological polar surface area (TPSA) is 68.3 Å². The predicted octanol–water partition coefficient (Wildman–Crippen LogP) is 1.40. The second-order valence-electron chi connectivity index (χ2n) is 3.83. The molecule has 0 radical (unpaired) electrons. The van der Waals surface area contributed by atoms with Crippen LogP contribution >= 0.6 is 0 Å². The van der Waals surface area contributed by atoms with E-state index in [0.29, 0.717) is 5.75 Å². The molecule has 0 aliphatic carbocycles. The van der Waals surface area contributed by atoms with Gasteiger partial charge in [0, 0.05) is 6.92 Å². The van der Waals surface area contributed by atoms with Crippen LogP contribution in [0.3, 0.4) is 0 Å². The average molecular weight is 238 g/mol. The second-order valence-corrected chi connectivity index (χ2v) is 3.83. The third kappa shape index (κ3) is 2.68. The molecule has 1 aliphatic heterocycles. The van der Waals surface area contributed by atoms with E-state index in [4.69, 9.17) is 14.2 Å². The highest BCUT2D eigenvalue weighted by Gasteiger charge is 2.41. The molecule has 1 aromatic carbocycles. The first-order valence-corrected chi connectivity index (χ1v) is 5.27. The number of hydrogen-bond donors (Lipinski definition) is 1. The summed E-state index contributed by atoms with van der Waals surface area (Å²) in [5.74, 6) is 0.181. The Morgan fingerprint density at radius 2 is 2.29 bits per heavy atom. The summed E-state index contributed by atoms with van der Waals surface area (Å²) in [4.78, 5) is 10.6. The molecule has 0 bridgehead atoms. The van der Waals surface area contributed by atoms with E-state index in [1.165, 1.54) is 14.0 Å². The Hall–Kier alpha value is -1.75. The van der Waals surface area contributed by atoms with Crippen molar-refractivity contribution in [3.8, 4) is 11.5 Å². The lowest BCUT2D eigenvalue weighted by atomic mass is 10.1. The number of phenolic OH excluding ortho intramolecular Hbond substituents is 1. The molecule has 1 saturated heterocycles. The lowest BCUT2D eigenvalue weighted by Gasteiger charge is -2.04. The van der Waals surface area contributed by atoms with Gasteiger partial charge in [-0.25, -0.2) is 0 Å². The van der Waals surface area contributed by atoms with Gasteiger partial charge in [0.25, 0.3) is 0 Å². The van der Waals surface area contributed by atoms with Crippen LogP contribution in [0.2, 0.25) is 0 Å². The molecule has 92 valence electrons. The molecule has 0 unspecified atom stereocenters. The maximum Gasteiger partial charge on any atom is 0.302 e. The fourth-order valence-corrected chi connectivity index (χ4v) is 1.63. The van der Waals surface area contributed by atoms with E-state index in [0.717, 1.165) is 5.56 Å². The van der Waals surface area contributed by atoms with Gasteiger partial charge in [0.1, 0.15) is 18.8 Å². The first kappa shape index (κ1) is 11.7. The van der Waals surface area contributed by atoms with Gasteiger partial charge in [0.15, 0.2) is 11.5 Å². The van der Waals surface area contributed by atoms with Crippen LogP contribution in [0, 0.1) is 0 Å². The SMILES string of the molecule is COc1cc([C@@H]2O[C@@H]2COC(C)=O)ccc1O. The van der Waals surface area contributed by atoms with E-state index >= 15 is 0 Å². The Bertz CT molecular complexity index is 429. The van der Waals surface area contributed by atoms with E-state index in [2.05, 4.69) is 0 Å². The first-order valence-electron chi connectivity index (χ1n) is 5.27. The van der Waals surface area contributed by atoms with Crippen molar-refractivity contribution in [2.75, 3.05) is 13.7 Å². The third-order valence-corrected chi connectivity index (χ3v) is 2.57. The Morgan fingerprint density at radius 1 is 1.53 bits per heavy atom. The summed E-state index contributed by atoms with van der Waals surface area (Å²) in [6.45, 7) is 1.62. The van der Waals surface area contributed by atoms with Gasteiger partial charge in [-0.2, -0.15) is 0 Å². The van der Waals surface area contributed by atoms with Crippen molar-refractivity contribution in [1.82, 2.24) is 0 Å². The van der Waals surface area contributed by atoms with Crippen molar-refractivity contribution in [3.63, 3.8) is 0 Å². The van der Waals surface area contributed by atoms with Gasteiger partial charge in [0.2, 0.25) is 0 Å². The zero-order chi connectivity index (χ0) is 12.4. The molecule has 2 rings (SSSR count). The quantitative estimate of drug-likeness (QED) is 0.634. The van der Waals surface area contributed by atoms with Gasteiger partial charge >= 0.3 is 5.97 Å². The number of aromatic hydroxyl groups is 1. The molecule has 0 spiro atoms.